The van der Waals surface area contributed by atoms with Crippen LogP contribution in [0.15, 0.2) is 24.3 Å². The third-order valence-electron chi connectivity index (χ3n) is 1.68. The molecule has 0 saturated heterocycles. The van der Waals surface area contributed by atoms with Gasteiger partial charge in [-0.25, -0.2) is 0 Å². The van der Waals surface area contributed by atoms with Crippen LogP contribution in [0.4, 0.5) is 5.69 Å². The molecule has 0 saturated carbocycles. The van der Waals surface area contributed by atoms with Crippen LogP contribution in [-0.4, -0.2) is 18.6 Å². The normalized spacial score (nSPS) is 9.31. The molecule has 0 heterocycles. The van der Waals surface area contributed by atoms with Gasteiger partial charge in [0.25, 0.3) is 0 Å². The number of aldehydes is 1. The average molecular weight is 177 g/mol. The molecular formula is C10H11NO2. The van der Waals surface area contributed by atoms with Gasteiger partial charge in [0.05, 0.1) is 6.54 Å². The van der Waals surface area contributed by atoms with Gasteiger partial charge < -0.3 is 10.1 Å². The lowest BCUT2D eigenvalue weighted by Crippen LogP contribution is -2.02. The molecule has 68 valence electrons. The van der Waals surface area contributed by atoms with Crippen molar-refractivity contribution in [3.05, 3.63) is 29.8 Å². The van der Waals surface area contributed by atoms with Crippen LogP contribution in [0.1, 0.15) is 17.3 Å². The van der Waals surface area contributed by atoms with Crippen molar-refractivity contribution in [1.29, 1.82) is 0 Å². The number of hydrogen-bond donors (Lipinski definition) is 1. The smallest absolute Gasteiger partial charge is 0.159 e. The Morgan fingerprint density at radius 1 is 1.38 bits per heavy atom. The summed E-state index contributed by atoms with van der Waals surface area (Å²) < 4.78 is 0. The fraction of sp³-hybridized carbons (Fsp3) is 0.200. The van der Waals surface area contributed by atoms with Gasteiger partial charge in [0, 0.05) is 11.3 Å². The summed E-state index contributed by atoms with van der Waals surface area (Å²) in [6.45, 7) is 1.81. The third kappa shape index (κ3) is 2.71. The van der Waals surface area contributed by atoms with E-state index in [0.29, 0.717) is 12.1 Å². The van der Waals surface area contributed by atoms with Crippen molar-refractivity contribution in [2.45, 2.75) is 6.92 Å². The van der Waals surface area contributed by atoms with Gasteiger partial charge >= 0.3 is 0 Å². The van der Waals surface area contributed by atoms with Crippen molar-refractivity contribution in [2.75, 3.05) is 11.9 Å². The van der Waals surface area contributed by atoms with E-state index in [4.69, 9.17) is 0 Å². The highest BCUT2D eigenvalue weighted by molar-refractivity contribution is 5.94. The third-order valence-corrected chi connectivity index (χ3v) is 1.68. The van der Waals surface area contributed by atoms with Gasteiger partial charge in [-0.05, 0) is 31.2 Å². The van der Waals surface area contributed by atoms with Gasteiger partial charge in [-0.15, -0.1) is 0 Å². The summed E-state index contributed by atoms with van der Waals surface area (Å²) in [7, 11) is 0. The highest BCUT2D eigenvalue weighted by atomic mass is 16.1. The first kappa shape index (κ1) is 9.45. The van der Waals surface area contributed by atoms with E-state index in [1.165, 1.54) is 6.92 Å². The molecule has 1 aromatic carbocycles. The minimum Gasteiger partial charge on any atom is -0.378 e. The molecule has 0 atom stereocenters. The molecule has 0 aliphatic heterocycles. The Kier molecular flexibility index (Phi) is 3.20. The molecule has 13 heavy (non-hydrogen) atoms. The van der Waals surface area contributed by atoms with Crippen LogP contribution in [0, 0.1) is 0 Å². The average Bonchev–Trinajstić information content (AvgIpc) is 2.15. The van der Waals surface area contributed by atoms with E-state index in [-0.39, 0.29) is 5.78 Å². The molecule has 0 amide bonds. The maximum atomic E-state index is 10.9. The molecule has 0 spiro atoms. The van der Waals surface area contributed by atoms with Crippen LogP contribution < -0.4 is 5.32 Å². The molecule has 0 bridgehead atoms. The van der Waals surface area contributed by atoms with Crippen LogP contribution in [0.5, 0.6) is 0 Å². The summed E-state index contributed by atoms with van der Waals surface area (Å²) in [5.41, 5.74) is 1.52. The summed E-state index contributed by atoms with van der Waals surface area (Å²) in [5.74, 6) is 0.0435. The minimum atomic E-state index is 0.0435. The predicted octanol–water partition coefficient (Wildman–Crippen LogP) is 1.50. The van der Waals surface area contributed by atoms with Gasteiger partial charge in [0.1, 0.15) is 6.29 Å². The van der Waals surface area contributed by atoms with E-state index < -0.39 is 0 Å². The molecule has 1 aromatic rings. The van der Waals surface area contributed by atoms with Gasteiger partial charge in [-0.2, -0.15) is 0 Å². The Bertz CT molecular complexity index is 303. The fourth-order valence-electron chi connectivity index (χ4n) is 0.982. The van der Waals surface area contributed by atoms with Crippen molar-refractivity contribution in [3.8, 4) is 0 Å². The largest absolute Gasteiger partial charge is 0.378 e. The number of carbonyl (C=O) groups excluding carboxylic acids is 2. The van der Waals surface area contributed by atoms with Gasteiger partial charge in [-0.1, -0.05) is 0 Å². The van der Waals surface area contributed by atoms with E-state index in [0.717, 1.165) is 12.0 Å². The first-order chi connectivity index (χ1) is 6.24. The second-order valence-corrected chi connectivity index (χ2v) is 2.68. The highest BCUT2D eigenvalue weighted by Gasteiger charge is 1.97. The van der Waals surface area contributed by atoms with Crippen LogP contribution in [0.2, 0.25) is 0 Å². The van der Waals surface area contributed by atoms with Gasteiger partial charge in [0.15, 0.2) is 5.78 Å². The van der Waals surface area contributed by atoms with Crippen LogP contribution in [-0.2, 0) is 4.79 Å². The van der Waals surface area contributed by atoms with Crippen LogP contribution >= 0.6 is 0 Å². The Morgan fingerprint density at radius 3 is 2.46 bits per heavy atom. The summed E-state index contributed by atoms with van der Waals surface area (Å²) >= 11 is 0. The zero-order valence-corrected chi connectivity index (χ0v) is 7.41. The molecule has 3 heteroatoms. The second-order valence-electron chi connectivity index (χ2n) is 2.68. The number of nitrogens with one attached hydrogen (secondary N) is 1. The highest BCUT2D eigenvalue weighted by Crippen LogP contribution is 2.08. The molecule has 0 aliphatic carbocycles. The molecule has 1 rings (SSSR count). The lowest BCUT2D eigenvalue weighted by molar-refractivity contribution is -0.106. The van der Waals surface area contributed by atoms with E-state index in [1.54, 1.807) is 24.3 Å². The molecule has 0 aromatic heterocycles. The molecule has 0 fully saturated rings. The molecular weight excluding hydrogens is 166 g/mol. The topological polar surface area (TPSA) is 46.2 Å². The number of benzene rings is 1. The van der Waals surface area contributed by atoms with Crippen LogP contribution in [0.25, 0.3) is 0 Å². The summed E-state index contributed by atoms with van der Waals surface area (Å²) in [6, 6.07) is 7.02. The molecule has 0 radical (unpaired) electrons. The molecule has 1 N–H and O–H groups in total. The van der Waals surface area contributed by atoms with Crippen molar-refractivity contribution in [2.24, 2.45) is 0 Å². The maximum absolute atomic E-state index is 10.9. The summed E-state index contributed by atoms with van der Waals surface area (Å²) in [5, 5.41) is 2.88. The van der Waals surface area contributed by atoms with E-state index >= 15 is 0 Å². The zero-order chi connectivity index (χ0) is 9.68. The lowest BCUT2D eigenvalue weighted by atomic mass is 10.1. The first-order valence-electron chi connectivity index (χ1n) is 4.02. The van der Waals surface area contributed by atoms with E-state index in [2.05, 4.69) is 5.32 Å². The summed E-state index contributed by atoms with van der Waals surface area (Å²) in [6.07, 6.45) is 0.791. The van der Waals surface area contributed by atoms with E-state index in [9.17, 15) is 9.59 Å². The fourth-order valence-corrected chi connectivity index (χ4v) is 0.982. The molecule has 3 nitrogen and oxygen atoms in total. The van der Waals surface area contributed by atoms with Crippen molar-refractivity contribution in [3.63, 3.8) is 0 Å². The minimum absolute atomic E-state index is 0.0435. The van der Waals surface area contributed by atoms with Gasteiger partial charge in [0.2, 0.25) is 0 Å². The number of anilines is 1. The van der Waals surface area contributed by atoms with Crippen molar-refractivity contribution < 1.29 is 9.59 Å². The SMILES string of the molecule is CC(=O)c1ccc(NCC=O)cc1. The number of ketones is 1. The Hall–Kier alpha value is -1.64. The predicted molar refractivity (Wildman–Crippen MR) is 51.0 cm³/mol. The lowest BCUT2D eigenvalue weighted by Gasteiger charge is -2.02. The Morgan fingerprint density at radius 2 is 2.00 bits per heavy atom. The molecule has 0 aliphatic rings. The van der Waals surface area contributed by atoms with E-state index in [1.807, 2.05) is 0 Å². The second kappa shape index (κ2) is 4.40. The quantitative estimate of drug-likeness (QED) is 0.560. The first-order valence-corrected chi connectivity index (χ1v) is 4.02. The zero-order valence-electron chi connectivity index (χ0n) is 7.41. The summed E-state index contributed by atoms with van der Waals surface area (Å²) in [4.78, 5) is 20.9. The molecule has 0 unspecified atom stereocenters. The number of carbonyl (C=O) groups is 2. The van der Waals surface area contributed by atoms with Crippen molar-refractivity contribution >= 4 is 17.8 Å². The Balaban J connectivity index is 2.69. The Labute approximate surface area is 76.8 Å². The monoisotopic (exact) mass is 177 g/mol. The number of hydrogen-bond acceptors (Lipinski definition) is 3. The van der Waals surface area contributed by atoms with Gasteiger partial charge in [-0.3, -0.25) is 4.79 Å². The van der Waals surface area contributed by atoms with Crippen LogP contribution in [0.3, 0.4) is 0 Å². The number of rotatable bonds is 4. The van der Waals surface area contributed by atoms with Crippen molar-refractivity contribution in [1.82, 2.24) is 0 Å². The number of Topliss-reactive ketones (excluding diaryl/α,β-unsaturated/α-hetero) is 1. The maximum Gasteiger partial charge on any atom is 0.159 e. The standard InChI is InChI=1S/C10H11NO2/c1-8(13)9-2-4-10(5-3-9)11-6-7-12/h2-5,7,11H,6H2,1H3.